The first-order valence-electron chi connectivity index (χ1n) is 9.25. The molecule has 0 aliphatic rings. The summed E-state index contributed by atoms with van der Waals surface area (Å²) in [5, 5.41) is 0.967. The van der Waals surface area contributed by atoms with E-state index in [1.807, 2.05) is 31.2 Å². The predicted molar refractivity (Wildman–Crippen MR) is 116 cm³/mol. The lowest BCUT2D eigenvalue weighted by Gasteiger charge is -2.24. The van der Waals surface area contributed by atoms with E-state index in [-0.39, 0.29) is 0 Å². The van der Waals surface area contributed by atoms with Gasteiger partial charge in [0.2, 0.25) is 0 Å². The van der Waals surface area contributed by atoms with E-state index in [0.717, 1.165) is 27.2 Å². The highest BCUT2D eigenvalue weighted by Gasteiger charge is 2.13. The van der Waals surface area contributed by atoms with Gasteiger partial charge in [-0.25, -0.2) is 15.0 Å². The van der Waals surface area contributed by atoms with Gasteiger partial charge in [0.1, 0.15) is 17.3 Å². The van der Waals surface area contributed by atoms with Gasteiger partial charge >= 0.3 is 0 Å². The molecule has 0 aliphatic carbocycles. The number of fused-ring (bicyclic) bond motifs is 1. The Morgan fingerprint density at radius 1 is 0.828 bits per heavy atom. The number of aromatic nitrogens is 3. The van der Waals surface area contributed by atoms with Crippen LogP contribution in [0.1, 0.15) is 16.1 Å². The Bertz CT molecular complexity index is 1040. The molecule has 0 fully saturated rings. The molecule has 2 aromatic heterocycles. The second kappa shape index (κ2) is 8.45. The normalized spacial score (nSPS) is 10.9. The van der Waals surface area contributed by atoms with E-state index in [4.69, 9.17) is 14.5 Å². The standard InChI is InChI=1S/C22H22N4O2S/c1-15-24-21-22(29-15)25-20(12-23-21)26(13-16-4-8-18(27-2)9-5-16)14-17-6-10-19(28-3)11-7-17/h4-12H,13-14H2,1-3H3. The third kappa shape index (κ3) is 4.46. The van der Waals surface area contributed by atoms with E-state index in [1.165, 1.54) is 11.1 Å². The summed E-state index contributed by atoms with van der Waals surface area (Å²) in [7, 11) is 3.35. The molecule has 4 rings (SSSR count). The number of nitrogens with zero attached hydrogens (tertiary/aromatic N) is 4. The quantitative estimate of drug-likeness (QED) is 0.446. The molecule has 2 heterocycles. The Kier molecular flexibility index (Phi) is 5.57. The maximum Gasteiger partial charge on any atom is 0.189 e. The number of aryl methyl sites for hydroxylation is 1. The van der Waals surface area contributed by atoms with Crippen molar-refractivity contribution in [1.29, 1.82) is 0 Å². The van der Waals surface area contributed by atoms with E-state index in [9.17, 15) is 0 Å². The molecule has 4 aromatic rings. The second-order valence-corrected chi connectivity index (χ2v) is 7.82. The Morgan fingerprint density at radius 3 is 1.90 bits per heavy atom. The Labute approximate surface area is 173 Å². The van der Waals surface area contributed by atoms with Crippen molar-refractivity contribution in [3.05, 3.63) is 70.9 Å². The fourth-order valence-corrected chi connectivity index (χ4v) is 3.83. The zero-order valence-corrected chi connectivity index (χ0v) is 17.4. The summed E-state index contributed by atoms with van der Waals surface area (Å²) < 4.78 is 10.5. The van der Waals surface area contributed by atoms with Gasteiger partial charge in [0.05, 0.1) is 25.4 Å². The smallest absolute Gasteiger partial charge is 0.189 e. The molecule has 0 bridgehead atoms. The third-order valence-corrected chi connectivity index (χ3v) is 5.46. The van der Waals surface area contributed by atoms with Crippen molar-refractivity contribution in [3.63, 3.8) is 0 Å². The van der Waals surface area contributed by atoms with E-state index >= 15 is 0 Å². The van der Waals surface area contributed by atoms with Gasteiger partial charge in [-0.05, 0) is 42.3 Å². The van der Waals surface area contributed by atoms with Crippen LogP contribution in [0.5, 0.6) is 11.5 Å². The lowest BCUT2D eigenvalue weighted by atomic mass is 10.1. The minimum atomic E-state index is 0.699. The van der Waals surface area contributed by atoms with Crippen LogP contribution in [0, 0.1) is 6.92 Å². The number of methoxy groups -OCH3 is 2. The first-order chi connectivity index (χ1) is 14.1. The molecule has 0 unspecified atom stereocenters. The number of thiazole rings is 1. The van der Waals surface area contributed by atoms with Crippen LogP contribution >= 0.6 is 11.3 Å². The number of hydrogen-bond acceptors (Lipinski definition) is 7. The van der Waals surface area contributed by atoms with Crippen molar-refractivity contribution in [1.82, 2.24) is 15.0 Å². The van der Waals surface area contributed by atoms with Crippen LogP contribution in [-0.2, 0) is 13.1 Å². The van der Waals surface area contributed by atoms with Gasteiger partial charge in [-0.3, -0.25) is 0 Å². The highest BCUT2D eigenvalue weighted by atomic mass is 32.1. The minimum Gasteiger partial charge on any atom is -0.497 e. The zero-order chi connectivity index (χ0) is 20.2. The highest BCUT2D eigenvalue weighted by Crippen LogP contribution is 2.24. The topological polar surface area (TPSA) is 60.4 Å². The molecule has 0 spiro atoms. The van der Waals surface area contributed by atoms with E-state index in [2.05, 4.69) is 39.1 Å². The van der Waals surface area contributed by atoms with Crippen molar-refractivity contribution < 1.29 is 9.47 Å². The summed E-state index contributed by atoms with van der Waals surface area (Å²) in [5.41, 5.74) is 3.04. The Hall–Kier alpha value is -3.19. The Balaban J connectivity index is 1.65. The summed E-state index contributed by atoms with van der Waals surface area (Å²) in [6.07, 6.45) is 1.80. The van der Waals surface area contributed by atoms with E-state index < -0.39 is 0 Å². The molecule has 0 saturated carbocycles. The van der Waals surface area contributed by atoms with Crippen molar-refractivity contribution in [3.8, 4) is 11.5 Å². The molecule has 0 amide bonds. The molecule has 6 nitrogen and oxygen atoms in total. The molecule has 0 atom stereocenters. The molecule has 29 heavy (non-hydrogen) atoms. The lowest BCUT2D eigenvalue weighted by Crippen LogP contribution is -2.23. The van der Waals surface area contributed by atoms with Crippen LogP contribution in [0.3, 0.4) is 0 Å². The number of hydrogen-bond donors (Lipinski definition) is 0. The minimum absolute atomic E-state index is 0.699. The van der Waals surface area contributed by atoms with Crippen molar-refractivity contribution in [2.75, 3.05) is 19.1 Å². The summed E-state index contributed by atoms with van der Waals surface area (Å²) in [6.45, 7) is 3.38. The summed E-state index contributed by atoms with van der Waals surface area (Å²) >= 11 is 1.56. The first kappa shape index (κ1) is 19.1. The molecule has 2 aromatic carbocycles. The number of ether oxygens (including phenoxy) is 2. The van der Waals surface area contributed by atoms with E-state index in [1.54, 1.807) is 31.8 Å². The van der Waals surface area contributed by atoms with Crippen molar-refractivity contribution in [2.45, 2.75) is 20.0 Å². The molecular weight excluding hydrogens is 384 g/mol. The molecule has 0 radical (unpaired) electrons. The highest BCUT2D eigenvalue weighted by molar-refractivity contribution is 7.18. The SMILES string of the molecule is COc1ccc(CN(Cc2ccc(OC)cc2)c2cnc3nc(C)sc3n2)cc1. The van der Waals surface area contributed by atoms with Gasteiger partial charge in [-0.2, -0.15) is 0 Å². The largest absolute Gasteiger partial charge is 0.497 e. The molecule has 7 heteroatoms. The molecule has 0 saturated heterocycles. The second-order valence-electron chi connectivity index (χ2n) is 6.64. The van der Waals surface area contributed by atoms with E-state index in [0.29, 0.717) is 18.7 Å². The maximum atomic E-state index is 5.27. The van der Waals surface area contributed by atoms with Crippen LogP contribution < -0.4 is 14.4 Å². The van der Waals surface area contributed by atoms with Crippen LogP contribution in [0.15, 0.2) is 54.7 Å². The van der Waals surface area contributed by atoms with Crippen molar-refractivity contribution in [2.24, 2.45) is 0 Å². The molecule has 148 valence electrons. The number of rotatable bonds is 7. The van der Waals surface area contributed by atoms with Gasteiger partial charge in [0.15, 0.2) is 10.5 Å². The Morgan fingerprint density at radius 2 is 1.38 bits per heavy atom. The lowest BCUT2D eigenvalue weighted by molar-refractivity contribution is 0.414. The summed E-state index contributed by atoms with van der Waals surface area (Å²) in [5.74, 6) is 2.52. The summed E-state index contributed by atoms with van der Waals surface area (Å²) in [4.78, 5) is 16.8. The van der Waals surface area contributed by atoms with Crippen molar-refractivity contribution >= 4 is 27.6 Å². The first-order valence-corrected chi connectivity index (χ1v) is 10.1. The average Bonchev–Trinajstić information content (AvgIpc) is 3.13. The molecule has 0 aliphatic heterocycles. The predicted octanol–water partition coefficient (Wildman–Crippen LogP) is 4.62. The van der Waals surface area contributed by atoms with Crippen LogP contribution in [0.2, 0.25) is 0 Å². The fraction of sp³-hybridized carbons (Fsp3) is 0.227. The van der Waals surface area contributed by atoms with Crippen LogP contribution in [0.25, 0.3) is 10.5 Å². The van der Waals surface area contributed by atoms with Gasteiger partial charge < -0.3 is 14.4 Å². The fourth-order valence-electron chi connectivity index (χ4n) is 3.09. The van der Waals surface area contributed by atoms with Gasteiger partial charge in [0, 0.05) is 13.1 Å². The summed E-state index contributed by atoms with van der Waals surface area (Å²) in [6, 6.07) is 16.2. The van der Waals surface area contributed by atoms with Gasteiger partial charge in [0.25, 0.3) is 0 Å². The monoisotopic (exact) mass is 406 g/mol. The third-order valence-electron chi connectivity index (χ3n) is 4.61. The van der Waals surface area contributed by atoms with Gasteiger partial charge in [-0.1, -0.05) is 35.6 Å². The average molecular weight is 407 g/mol. The van der Waals surface area contributed by atoms with Crippen LogP contribution in [-0.4, -0.2) is 29.2 Å². The maximum absolute atomic E-state index is 5.27. The van der Waals surface area contributed by atoms with Crippen LogP contribution in [0.4, 0.5) is 5.82 Å². The number of benzene rings is 2. The molecular formula is C22H22N4O2S. The zero-order valence-electron chi connectivity index (χ0n) is 16.6. The molecule has 0 N–H and O–H groups in total. The van der Waals surface area contributed by atoms with Gasteiger partial charge in [-0.15, -0.1) is 0 Å². The number of anilines is 1.